The molecule has 0 heterocycles. The molecule has 4 nitrogen and oxygen atoms in total. The highest BCUT2D eigenvalue weighted by Gasteiger charge is 2.37. The van der Waals surface area contributed by atoms with Gasteiger partial charge in [-0.25, -0.2) is 4.79 Å². The Labute approximate surface area is 91.3 Å². The van der Waals surface area contributed by atoms with E-state index in [1.807, 2.05) is 13.8 Å². The van der Waals surface area contributed by atoms with Crippen molar-refractivity contribution in [3.8, 4) is 0 Å². The molecule has 0 aromatic rings. The Morgan fingerprint density at radius 2 is 1.80 bits per heavy atom. The van der Waals surface area contributed by atoms with Crippen LogP contribution < -0.4 is 0 Å². The van der Waals surface area contributed by atoms with Crippen LogP contribution in [0.3, 0.4) is 0 Å². The van der Waals surface area contributed by atoms with Gasteiger partial charge in [-0.3, -0.25) is 0 Å². The Bertz CT molecular complexity index is 209. The third-order valence-corrected chi connectivity index (χ3v) is 2.43. The van der Waals surface area contributed by atoms with Crippen LogP contribution >= 0.6 is 0 Å². The van der Waals surface area contributed by atoms with Crippen molar-refractivity contribution in [3.63, 3.8) is 0 Å². The first-order valence-corrected chi connectivity index (χ1v) is 5.43. The van der Waals surface area contributed by atoms with E-state index in [4.69, 9.17) is 4.74 Å². The van der Waals surface area contributed by atoms with Gasteiger partial charge in [0.15, 0.2) is 0 Å². The van der Waals surface area contributed by atoms with Gasteiger partial charge in [0.2, 0.25) is 0 Å². The molecule has 0 aliphatic heterocycles. The standard InChI is InChI=1S/C11H22O4/c1-5-7-8-11(13,14)9(12)15-10(3,4)6-2/h13-14H,5-8H2,1-4H3. The topological polar surface area (TPSA) is 66.8 Å². The molecule has 0 saturated carbocycles. The number of ether oxygens (including phenoxy) is 1. The number of carbonyl (C=O) groups is 1. The van der Waals surface area contributed by atoms with E-state index in [2.05, 4.69) is 0 Å². The highest BCUT2D eigenvalue weighted by molar-refractivity contribution is 5.77. The van der Waals surface area contributed by atoms with Crippen LogP contribution in [-0.2, 0) is 9.53 Å². The van der Waals surface area contributed by atoms with Crippen LogP contribution in [0.5, 0.6) is 0 Å². The van der Waals surface area contributed by atoms with Crippen molar-refractivity contribution >= 4 is 5.97 Å². The molecular formula is C11H22O4. The summed E-state index contributed by atoms with van der Waals surface area (Å²) >= 11 is 0. The average Bonchev–Trinajstić information content (AvgIpc) is 2.14. The molecule has 0 aliphatic rings. The van der Waals surface area contributed by atoms with Gasteiger partial charge in [0.25, 0.3) is 5.79 Å². The summed E-state index contributed by atoms with van der Waals surface area (Å²) in [6.45, 7) is 7.26. The predicted molar refractivity (Wildman–Crippen MR) is 57.2 cm³/mol. The van der Waals surface area contributed by atoms with Gasteiger partial charge in [-0.15, -0.1) is 0 Å². The van der Waals surface area contributed by atoms with Gasteiger partial charge in [0.1, 0.15) is 5.60 Å². The molecule has 0 unspecified atom stereocenters. The lowest BCUT2D eigenvalue weighted by atomic mass is 10.1. The molecule has 0 fully saturated rings. The van der Waals surface area contributed by atoms with Gasteiger partial charge in [0.05, 0.1) is 0 Å². The van der Waals surface area contributed by atoms with Crippen LogP contribution in [0, 0.1) is 0 Å². The van der Waals surface area contributed by atoms with Crippen molar-refractivity contribution < 1.29 is 19.7 Å². The van der Waals surface area contributed by atoms with Gasteiger partial charge in [-0.05, 0) is 26.7 Å². The fourth-order valence-electron chi connectivity index (χ4n) is 0.930. The minimum atomic E-state index is -2.34. The fraction of sp³-hybridized carbons (Fsp3) is 0.909. The van der Waals surface area contributed by atoms with Gasteiger partial charge in [-0.1, -0.05) is 20.3 Å². The molecule has 0 amide bonds. The second kappa shape index (κ2) is 5.47. The lowest BCUT2D eigenvalue weighted by molar-refractivity contribution is -0.222. The van der Waals surface area contributed by atoms with E-state index in [-0.39, 0.29) is 6.42 Å². The summed E-state index contributed by atoms with van der Waals surface area (Å²) in [7, 11) is 0. The normalized spacial score (nSPS) is 12.7. The number of hydrogen-bond donors (Lipinski definition) is 2. The van der Waals surface area contributed by atoms with Crippen molar-refractivity contribution in [2.75, 3.05) is 0 Å². The summed E-state index contributed by atoms with van der Waals surface area (Å²) in [4.78, 5) is 11.4. The maximum Gasteiger partial charge on any atom is 0.366 e. The molecule has 0 saturated heterocycles. The maximum atomic E-state index is 11.4. The lowest BCUT2D eigenvalue weighted by Gasteiger charge is -2.28. The smallest absolute Gasteiger partial charge is 0.366 e. The minimum Gasteiger partial charge on any atom is -0.456 e. The van der Waals surface area contributed by atoms with Crippen LogP contribution in [0.15, 0.2) is 0 Å². The maximum absolute atomic E-state index is 11.4. The van der Waals surface area contributed by atoms with E-state index in [9.17, 15) is 15.0 Å². The quantitative estimate of drug-likeness (QED) is 0.525. The minimum absolute atomic E-state index is 0.0160. The molecular weight excluding hydrogens is 196 g/mol. The van der Waals surface area contributed by atoms with Crippen LogP contribution in [0.4, 0.5) is 0 Å². The number of esters is 1. The molecule has 0 atom stereocenters. The zero-order valence-electron chi connectivity index (χ0n) is 10.0. The molecule has 0 aromatic heterocycles. The first kappa shape index (κ1) is 14.4. The number of aliphatic hydroxyl groups is 2. The number of hydrogen-bond acceptors (Lipinski definition) is 4. The van der Waals surface area contributed by atoms with Crippen molar-refractivity contribution in [1.82, 2.24) is 0 Å². The molecule has 0 rings (SSSR count). The zero-order chi connectivity index (χ0) is 12.1. The first-order chi connectivity index (χ1) is 6.75. The van der Waals surface area contributed by atoms with Crippen LogP contribution in [0.25, 0.3) is 0 Å². The molecule has 0 aliphatic carbocycles. The monoisotopic (exact) mass is 218 g/mol. The van der Waals surface area contributed by atoms with Crippen molar-refractivity contribution in [1.29, 1.82) is 0 Å². The highest BCUT2D eigenvalue weighted by Crippen LogP contribution is 2.20. The first-order valence-electron chi connectivity index (χ1n) is 5.43. The molecule has 0 aromatic carbocycles. The third kappa shape index (κ3) is 5.14. The molecule has 0 radical (unpaired) electrons. The molecule has 0 bridgehead atoms. The largest absolute Gasteiger partial charge is 0.456 e. The molecule has 90 valence electrons. The van der Waals surface area contributed by atoms with E-state index < -0.39 is 17.4 Å². The van der Waals surface area contributed by atoms with Gasteiger partial charge < -0.3 is 14.9 Å². The van der Waals surface area contributed by atoms with Gasteiger partial charge in [0, 0.05) is 6.42 Å². The van der Waals surface area contributed by atoms with Crippen LogP contribution in [0.1, 0.15) is 53.4 Å². The summed E-state index contributed by atoms with van der Waals surface area (Å²) in [6, 6.07) is 0. The van der Waals surface area contributed by atoms with Crippen molar-refractivity contribution in [2.24, 2.45) is 0 Å². The Balaban J connectivity index is 4.30. The Hall–Kier alpha value is -0.610. The number of carbonyl (C=O) groups excluding carboxylic acids is 1. The Morgan fingerprint density at radius 1 is 1.27 bits per heavy atom. The van der Waals surface area contributed by atoms with E-state index in [0.717, 1.165) is 6.42 Å². The van der Waals surface area contributed by atoms with E-state index >= 15 is 0 Å². The number of rotatable bonds is 6. The molecule has 15 heavy (non-hydrogen) atoms. The molecule has 2 N–H and O–H groups in total. The predicted octanol–water partition coefficient (Wildman–Crippen LogP) is 1.59. The summed E-state index contributed by atoms with van der Waals surface area (Å²) in [5.41, 5.74) is -0.653. The molecule has 4 heteroatoms. The van der Waals surface area contributed by atoms with E-state index in [1.165, 1.54) is 0 Å². The highest BCUT2D eigenvalue weighted by atomic mass is 16.6. The van der Waals surface area contributed by atoms with Crippen molar-refractivity contribution in [3.05, 3.63) is 0 Å². The Morgan fingerprint density at radius 3 is 2.20 bits per heavy atom. The lowest BCUT2D eigenvalue weighted by Crippen LogP contribution is -2.44. The average molecular weight is 218 g/mol. The third-order valence-electron chi connectivity index (χ3n) is 2.43. The summed E-state index contributed by atoms with van der Waals surface area (Å²) in [6.07, 6.45) is 2.02. The summed E-state index contributed by atoms with van der Waals surface area (Å²) in [5.74, 6) is -3.30. The fourth-order valence-corrected chi connectivity index (χ4v) is 0.930. The van der Waals surface area contributed by atoms with Crippen molar-refractivity contribution in [2.45, 2.75) is 64.8 Å². The zero-order valence-corrected chi connectivity index (χ0v) is 10.0. The van der Waals surface area contributed by atoms with E-state index in [1.54, 1.807) is 13.8 Å². The SMILES string of the molecule is CCCCC(O)(O)C(=O)OC(C)(C)CC. The second-order valence-electron chi connectivity index (χ2n) is 4.42. The van der Waals surface area contributed by atoms with Crippen LogP contribution in [0.2, 0.25) is 0 Å². The summed E-state index contributed by atoms with van der Waals surface area (Å²) < 4.78 is 5.01. The summed E-state index contributed by atoms with van der Waals surface area (Å²) in [5, 5.41) is 18.9. The second-order valence-corrected chi connectivity index (χ2v) is 4.42. The molecule has 0 spiro atoms. The van der Waals surface area contributed by atoms with Crippen LogP contribution in [-0.4, -0.2) is 27.6 Å². The number of unbranched alkanes of at least 4 members (excludes halogenated alkanes) is 1. The van der Waals surface area contributed by atoms with Gasteiger partial charge >= 0.3 is 5.97 Å². The van der Waals surface area contributed by atoms with Gasteiger partial charge in [-0.2, -0.15) is 0 Å². The van der Waals surface area contributed by atoms with E-state index in [0.29, 0.717) is 12.8 Å². The Kier molecular flexibility index (Phi) is 5.24.